The van der Waals surface area contributed by atoms with Gasteiger partial charge in [0.05, 0.1) is 11.0 Å². The van der Waals surface area contributed by atoms with Gasteiger partial charge in [0.1, 0.15) is 5.82 Å². The molecule has 3 nitrogen and oxygen atoms in total. The van der Waals surface area contributed by atoms with Gasteiger partial charge in [-0.05, 0) is 43.5 Å². The summed E-state index contributed by atoms with van der Waals surface area (Å²) in [6.45, 7) is 3.02. The minimum atomic E-state index is 0.716. The lowest BCUT2D eigenvalue weighted by atomic mass is 9.94. The van der Waals surface area contributed by atoms with Gasteiger partial charge in [-0.3, -0.25) is 0 Å². The van der Waals surface area contributed by atoms with Crippen LogP contribution in [0.4, 0.5) is 0 Å². The summed E-state index contributed by atoms with van der Waals surface area (Å²) in [5, 5.41) is 0.745. The number of imidazole rings is 1. The van der Waals surface area contributed by atoms with E-state index in [0.717, 1.165) is 47.7 Å². The van der Waals surface area contributed by atoms with E-state index >= 15 is 0 Å². The number of rotatable bonds is 7. The highest BCUT2D eigenvalue weighted by Crippen LogP contribution is 2.22. The monoisotopic (exact) mass is 293 g/mol. The van der Waals surface area contributed by atoms with Crippen LogP contribution in [0.2, 0.25) is 5.02 Å². The van der Waals surface area contributed by atoms with Gasteiger partial charge in [-0.15, -0.1) is 0 Å². The highest BCUT2D eigenvalue weighted by molar-refractivity contribution is 6.31. The van der Waals surface area contributed by atoms with Gasteiger partial charge in [0.25, 0.3) is 0 Å². The van der Waals surface area contributed by atoms with Gasteiger partial charge < -0.3 is 10.3 Å². The summed E-state index contributed by atoms with van der Waals surface area (Å²) < 4.78 is 2.18. The quantitative estimate of drug-likeness (QED) is 0.841. The molecule has 2 N–H and O–H groups in total. The summed E-state index contributed by atoms with van der Waals surface area (Å²) in [5.74, 6) is 1.86. The zero-order chi connectivity index (χ0) is 14.5. The number of hydrogen-bond acceptors (Lipinski definition) is 2. The Kier molecular flexibility index (Phi) is 5.44. The molecular weight excluding hydrogens is 270 g/mol. The van der Waals surface area contributed by atoms with E-state index < -0.39 is 0 Å². The van der Waals surface area contributed by atoms with Gasteiger partial charge in [0.2, 0.25) is 0 Å². The molecule has 2 aromatic rings. The van der Waals surface area contributed by atoms with Crippen LogP contribution in [0.15, 0.2) is 18.2 Å². The Morgan fingerprint density at radius 1 is 1.30 bits per heavy atom. The number of hydrogen-bond donors (Lipinski definition) is 1. The molecule has 1 unspecified atom stereocenters. The second kappa shape index (κ2) is 7.09. The van der Waals surface area contributed by atoms with Crippen LogP contribution in [0.25, 0.3) is 11.0 Å². The third-order valence-corrected chi connectivity index (χ3v) is 4.22. The zero-order valence-corrected chi connectivity index (χ0v) is 13.2. The van der Waals surface area contributed by atoms with E-state index in [4.69, 9.17) is 22.3 Å². The van der Waals surface area contributed by atoms with E-state index in [1.54, 1.807) is 0 Å². The Morgan fingerprint density at radius 3 is 2.80 bits per heavy atom. The predicted octanol–water partition coefficient (Wildman–Crippen LogP) is 3.92. The molecule has 0 saturated carbocycles. The maximum Gasteiger partial charge on any atom is 0.109 e. The Morgan fingerprint density at radius 2 is 2.10 bits per heavy atom. The summed E-state index contributed by atoms with van der Waals surface area (Å²) in [5.41, 5.74) is 7.84. The second-order valence-electron chi connectivity index (χ2n) is 5.49. The lowest BCUT2D eigenvalue weighted by Gasteiger charge is -2.14. The van der Waals surface area contributed by atoms with Crippen molar-refractivity contribution in [2.24, 2.45) is 18.7 Å². The van der Waals surface area contributed by atoms with Crippen molar-refractivity contribution < 1.29 is 0 Å². The summed E-state index contributed by atoms with van der Waals surface area (Å²) >= 11 is 6.03. The molecule has 0 saturated heterocycles. The first-order chi connectivity index (χ1) is 9.65. The van der Waals surface area contributed by atoms with Gasteiger partial charge in [-0.2, -0.15) is 0 Å². The minimum absolute atomic E-state index is 0.716. The Hall–Kier alpha value is -1.06. The minimum Gasteiger partial charge on any atom is -0.331 e. The number of aryl methyl sites for hydroxylation is 2. The van der Waals surface area contributed by atoms with Crippen LogP contribution in [0.3, 0.4) is 0 Å². The summed E-state index contributed by atoms with van der Waals surface area (Å²) in [6.07, 6.45) is 5.77. The van der Waals surface area contributed by atoms with Crippen LogP contribution in [0.5, 0.6) is 0 Å². The van der Waals surface area contributed by atoms with Crippen LogP contribution >= 0.6 is 11.6 Å². The smallest absolute Gasteiger partial charge is 0.109 e. The molecule has 110 valence electrons. The first kappa shape index (κ1) is 15.3. The third-order valence-electron chi connectivity index (χ3n) is 3.98. The molecule has 1 atom stereocenters. The molecule has 2 rings (SSSR count). The maximum absolute atomic E-state index is 6.03. The lowest BCUT2D eigenvalue weighted by Crippen LogP contribution is -2.11. The molecule has 0 bridgehead atoms. The van der Waals surface area contributed by atoms with Crippen molar-refractivity contribution in [2.75, 3.05) is 6.54 Å². The highest BCUT2D eigenvalue weighted by Gasteiger charge is 2.12. The molecule has 0 aliphatic heterocycles. The number of benzene rings is 1. The molecule has 1 aromatic carbocycles. The normalized spacial score (nSPS) is 13.0. The first-order valence-corrected chi connectivity index (χ1v) is 7.84. The van der Waals surface area contributed by atoms with E-state index in [-0.39, 0.29) is 0 Å². The van der Waals surface area contributed by atoms with Crippen LogP contribution < -0.4 is 5.73 Å². The maximum atomic E-state index is 6.03. The predicted molar refractivity (Wildman–Crippen MR) is 86.1 cm³/mol. The van der Waals surface area contributed by atoms with Crippen LogP contribution in [-0.4, -0.2) is 16.1 Å². The van der Waals surface area contributed by atoms with Crippen molar-refractivity contribution in [1.29, 1.82) is 0 Å². The van der Waals surface area contributed by atoms with E-state index in [1.807, 2.05) is 18.2 Å². The number of fused-ring (bicyclic) bond motifs is 1. The lowest BCUT2D eigenvalue weighted by molar-refractivity contribution is 0.416. The zero-order valence-electron chi connectivity index (χ0n) is 12.4. The first-order valence-electron chi connectivity index (χ1n) is 7.46. The van der Waals surface area contributed by atoms with Crippen molar-refractivity contribution >= 4 is 22.6 Å². The molecule has 0 spiro atoms. The van der Waals surface area contributed by atoms with Gasteiger partial charge in [0, 0.05) is 18.5 Å². The van der Waals surface area contributed by atoms with Gasteiger partial charge in [-0.25, -0.2) is 4.98 Å². The highest BCUT2D eigenvalue weighted by atomic mass is 35.5. The number of aromatic nitrogens is 2. The van der Waals surface area contributed by atoms with Crippen molar-refractivity contribution in [2.45, 2.75) is 39.0 Å². The number of nitrogens with zero attached hydrogens (tertiary/aromatic N) is 2. The average Bonchev–Trinajstić information content (AvgIpc) is 2.72. The fourth-order valence-corrected chi connectivity index (χ4v) is 3.02. The second-order valence-corrected chi connectivity index (χ2v) is 5.93. The molecule has 0 aliphatic rings. The van der Waals surface area contributed by atoms with E-state index in [2.05, 4.69) is 18.5 Å². The Bertz CT molecular complexity index is 556. The molecule has 0 fully saturated rings. The van der Waals surface area contributed by atoms with Crippen LogP contribution in [0, 0.1) is 5.92 Å². The largest absolute Gasteiger partial charge is 0.331 e. The topological polar surface area (TPSA) is 43.8 Å². The average molecular weight is 294 g/mol. The fraction of sp³-hybridized carbons (Fsp3) is 0.562. The van der Waals surface area contributed by atoms with E-state index in [1.165, 1.54) is 12.8 Å². The van der Waals surface area contributed by atoms with Crippen LogP contribution in [0.1, 0.15) is 38.4 Å². The van der Waals surface area contributed by atoms with Crippen molar-refractivity contribution in [3.8, 4) is 0 Å². The molecule has 4 heteroatoms. The standard InChI is InChI=1S/C16H24ClN3/c1-3-4-12(9-10-18)5-8-16-19-14-11-13(17)6-7-15(14)20(16)2/h6-7,11-12H,3-5,8-10,18H2,1-2H3. The molecular formula is C16H24ClN3. The third kappa shape index (κ3) is 3.53. The number of nitrogens with two attached hydrogens (primary N) is 1. The molecule has 0 radical (unpaired) electrons. The van der Waals surface area contributed by atoms with Crippen molar-refractivity contribution in [1.82, 2.24) is 9.55 Å². The van der Waals surface area contributed by atoms with Gasteiger partial charge in [0.15, 0.2) is 0 Å². The molecule has 0 aliphatic carbocycles. The summed E-state index contributed by atoms with van der Waals surface area (Å²) in [4.78, 5) is 4.71. The number of halogens is 1. The molecule has 1 aromatic heterocycles. The molecule has 0 amide bonds. The molecule has 20 heavy (non-hydrogen) atoms. The van der Waals surface area contributed by atoms with E-state index in [0.29, 0.717) is 5.92 Å². The van der Waals surface area contributed by atoms with E-state index in [9.17, 15) is 0 Å². The summed E-state index contributed by atoms with van der Waals surface area (Å²) in [7, 11) is 2.08. The van der Waals surface area contributed by atoms with Gasteiger partial charge >= 0.3 is 0 Å². The SMILES string of the molecule is CCCC(CCN)CCc1nc2cc(Cl)ccc2n1C. The fourth-order valence-electron chi connectivity index (χ4n) is 2.86. The Balaban J connectivity index is 2.11. The molecule has 1 heterocycles. The van der Waals surface area contributed by atoms with Crippen molar-refractivity contribution in [3.63, 3.8) is 0 Å². The van der Waals surface area contributed by atoms with Crippen molar-refractivity contribution in [3.05, 3.63) is 29.0 Å². The summed E-state index contributed by atoms with van der Waals surface area (Å²) in [6, 6.07) is 5.89. The van der Waals surface area contributed by atoms with Gasteiger partial charge in [-0.1, -0.05) is 31.4 Å². The Labute approximate surface area is 126 Å². The van der Waals surface area contributed by atoms with Crippen LogP contribution in [-0.2, 0) is 13.5 Å².